The number of aliphatic imine (C=N–C) groups is 1. The zero-order valence-corrected chi connectivity index (χ0v) is 10.7. The molecule has 0 saturated heterocycles. The number of hydrogen-bond acceptors (Lipinski definition) is 1. The summed E-state index contributed by atoms with van der Waals surface area (Å²) >= 11 is 0. The first-order valence-electron chi connectivity index (χ1n) is 5.43. The van der Waals surface area contributed by atoms with Crippen molar-refractivity contribution in [3.63, 3.8) is 0 Å². The van der Waals surface area contributed by atoms with Gasteiger partial charge in [-0.15, -0.1) is 0 Å². The van der Waals surface area contributed by atoms with Crippen molar-refractivity contribution in [2.45, 2.75) is 26.2 Å². The molecule has 84 valence electrons. The Morgan fingerprint density at radius 3 is 2.14 bits per heavy atom. The first-order valence-corrected chi connectivity index (χ1v) is 5.43. The Balaban J connectivity index is 4.14. The fourth-order valence-electron chi connectivity index (χ4n) is 1.68. The van der Waals surface area contributed by atoms with E-state index in [0.29, 0.717) is 0 Å². The van der Waals surface area contributed by atoms with E-state index in [9.17, 15) is 0 Å². The Hall–Kier alpha value is -0.570. The highest BCUT2D eigenvalue weighted by atomic mass is 15.4. The average molecular weight is 200 g/mol. The predicted octanol–water partition coefficient (Wildman–Crippen LogP) is 1.80. The standard InChI is InChI=1S/C11H26N3/c1-7-8-9-10-13(3)11(12-2)14(4,5)6/h7-10H2,1-6H3/q+1/b12-11+. The van der Waals surface area contributed by atoms with Gasteiger partial charge in [-0.3, -0.25) is 4.48 Å². The van der Waals surface area contributed by atoms with Gasteiger partial charge in [-0.05, 0) is 6.42 Å². The van der Waals surface area contributed by atoms with Gasteiger partial charge in [-0.1, -0.05) is 19.8 Å². The van der Waals surface area contributed by atoms with E-state index in [1.54, 1.807) is 0 Å². The van der Waals surface area contributed by atoms with Gasteiger partial charge in [0.1, 0.15) is 0 Å². The summed E-state index contributed by atoms with van der Waals surface area (Å²) in [5.74, 6) is 1.14. The summed E-state index contributed by atoms with van der Waals surface area (Å²) in [5.41, 5.74) is 0. The number of hydrogen-bond donors (Lipinski definition) is 0. The van der Waals surface area contributed by atoms with Gasteiger partial charge in [-0.25, -0.2) is 4.99 Å². The third-order valence-electron chi connectivity index (χ3n) is 2.24. The number of guanidine groups is 1. The third-order valence-corrected chi connectivity index (χ3v) is 2.24. The van der Waals surface area contributed by atoms with E-state index in [0.717, 1.165) is 17.0 Å². The smallest absolute Gasteiger partial charge is 0.299 e. The van der Waals surface area contributed by atoms with Crippen LogP contribution in [0.5, 0.6) is 0 Å². The van der Waals surface area contributed by atoms with Gasteiger partial charge in [0.25, 0.3) is 5.96 Å². The van der Waals surface area contributed by atoms with Crippen molar-refractivity contribution < 1.29 is 4.48 Å². The molecule has 0 rings (SSSR count). The van der Waals surface area contributed by atoms with Crippen LogP contribution in [0.25, 0.3) is 0 Å². The number of rotatable bonds is 4. The average Bonchev–Trinajstić information content (AvgIpc) is 2.03. The van der Waals surface area contributed by atoms with Crippen LogP contribution in [0.4, 0.5) is 0 Å². The molecule has 0 unspecified atom stereocenters. The minimum absolute atomic E-state index is 0.791. The van der Waals surface area contributed by atoms with Crippen LogP contribution in [-0.4, -0.2) is 57.1 Å². The van der Waals surface area contributed by atoms with E-state index in [2.05, 4.69) is 45.0 Å². The summed E-state index contributed by atoms with van der Waals surface area (Å²) in [6, 6.07) is 0. The Bertz CT molecular complexity index is 179. The molecule has 0 amide bonds. The maximum Gasteiger partial charge on any atom is 0.299 e. The molecule has 14 heavy (non-hydrogen) atoms. The van der Waals surface area contributed by atoms with E-state index in [1.807, 2.05) is 7.05 Å². The van der Waals surface area contributed by atoms with Crippen LogP contribution < -0.4 is 0 Å². The molecule has 3 nitrogen and oxygen atoms in total. The molecule has 0 heterocycles. The molecule has 0 spiro atoms. The summed E-state index contributed by atoms with van der Waals surface area (Å²) in [5, 5.41) is 0. The fraction of sp³-hybridized carbons (Fsp3) is 0.909. The Morgan fingerprint density at radius 1 is 1.21 bits per heavy atom. The van der Waals surface area contributed by atoms with E-state index >= 15 is 0 Å². The number of nitrogens with zero attached hydrogens (tertiary/aromatic N) is 3. The highest BCUT2D eigenvalue weighted by molar-refractivity contribution is 5.72. The van der Waals surface area contributed by atoms with Crippen LogP contribution in [0.2, 0.25) is 0 Å². The molecule has 3 heteroatoms. The molecular formula is C11H26N3+. The predicted molar refractivity (Wildman–Crippen MR) is 63.5 cm³/mol. The minimum atomic E-state index is 0.791. The Labute approximate surface area is 89.0 Å². The van der Waals surface area contributed by atoms with Crippen molar-refractivity contribution in [2.24, 2.45) is 4.99 Å². The minimum Gasteiger partial charge on any atom is -0.314 e. The van der Waals surface area contributed by atoms with Crippen LogP contribution in [0, 0.1) is 0 Å². The molecular weight excluding hydrogens is 174 g/mol. The zero-order valence-electron chi connectivity index (χ0n) is 10.7. The van der Waals surface area contributed by atoms with Crippen LogP contribution in [0.1, 0.15) is 26.2 Å². The first kappa shape index (κ1) is 13.4. The van der Waals surface area contributed by atoms with E-state index in [-0.39, 0.29) is 0 Å². The SMILES string of the molecule is CCCCCN(C)/C(=N\C)[N+](C)(C)C. The van der Waals surface area contributed by atoms with Gasteiger partial charge in [0.05, 0.1) is 21.1 Å². The largest absolute Gasteiger partial charge is 0.314 e. The van der Waals surface area contributed by atoms with Crippen molar-refractivity contribution in [2.75, 3.05) is 41.8 Å². The van der Waals surface area contributed by atoms with Crippen LogP contribution in [0.15, 0.2) is 4.99 Å². The van der Waals surface area contributed by atoms with Gasteiger partial charge in [0.15, 0.2) is 0 Å². The molecule has 0 aliphatic carbocycles. The Morgan fingerprint density at radius 2 is 1.79 bits per heavy atom. The summed E-state index contributed by atoms with van der Waals surface area (Å²) in [6.07, 6.45) is 3.83. The summed E-state index contributed by atoms with van der Waals surface area (Å²) in [7, 11) is 10.5. The van der Waals surface area contributed by atoms with Gasteiger partial charge in [-0.2, -0.15) is 0 Å². The maximum absolute atomic E-state index is 4.35. The van der Waals surface area contributed by atoms with Gasteiger partial charge in [0, 0.05) is 20.6 Å². The molecule has 0 aliphatic heterocycles. The van der Waals surface area contributed by atoms with Crippen molar-refractivity contribution >= 4 is 5.96 Å². The normalized spacial score (nSPS) is 13.1. The molecule has 0 N–H and O–H groups in total. The van der Waals surface area contributed by atoms with Crippen molar-refractivity contribution in [1.82, 2.24) is 4.90 Å². The lowest BCUT2D eigenvalue weighted by Gasteiger charge is -2.30. The van der Waals surface area contributed by atoms with Crippen LogP contribution in [0.3, 0.4) is 0 Å². The second-order valence-corrected chi connectivity index (χ2v) is 4.66. The molecule has 0 atom stereocenters. The third kappa shape index (κ3) is 4.61. The second-order valence-electron chi connectivity index (χ2n) is 4.66. The number of quaternary nitrogens is 1. The summed E-state index contributed by atoms with van der Waals surface area (Å²) < 4.78 is 0.791. The lowest BCUT2D eigenvalue weighted by atomic mass is 10.2. The molecule has 0 radical (unpaired) electrons. The van der Waals surface area contributed by atoms with Gasteiger partial charge < -0.3 is 4.90 Å². The second kappa shape index (κ2) is 6.02. The monoisotopic (exact) mass is 200 g/mol. The quantitative estimate of drug-likeness (QED) is 0.292. The highest BCUT2D eigenvalue weighted by Crippen LogP contribution is 2.03. The fourth-order valence-corrected chi connectivity index (χ4v) is 1.68. The molecule has 0 aromatic heterocycles. The van der Waals surface area contributed by atoms with Crippen molar-refractivity contribution in [3.8, 4) is 0 Å². The summed E-state index contributed by atoms with van der Waals surface area (Å²) in [6.45, 7) is 3.34. The van der Waals surface area contributed by atoms with Gasteiger partial charge >= 0.3 is 0 Å². The van der Waals surface area contributed by atoms with Crippen molar-refractivity contribution in [3.05, 3.63) is 0 Å². The number of unbranched alkanes of at least 4 members (excludes halogenated alkanes) is 2. The van der Waals surface area contributed by atoms with Crippen molar-refractivity contribution in [1.29, 1.82) is 0 Å². The lowest BCUT2D eigenvalue weighted by molar-refractivity contribution is -0.782. The molecule has 0 saturated carbocycles. The van der Waals surface area contributed by atoms with E-state index < -0.39 is 0 Å². The molecule has 0 fully saturated rings. The molecule has 0 bridgehead atoms. The molecule has 0 aliphatic rings. The zero-order chi connectivity index (χ0) is 11.2. The topological polar surface area (TPSA) is 15.6 Å². The van der Waals surface area contributed by atoms with E-state index in [4.69, 9.17) is 0 Å². The molecule has 0 aromatic rings. The molecule has 0 aromatic carbocycles. The summed E-state index contributed by atoms with van der Waals surface area (Å²) in [4.78, 5) is 6.61. The first-order chi connectivity index (χ1) is 6.43. The van der Waals surface area contributed by atoms with Crippen LogP contribution >= 0.6 is 0 Å². The lowest BCUT2D eigenvalue weighted by Crippen LogP contribution is -2.50. The highest BCUT2D eigenvalue weighted by Gasteiger charge is 2.21. The van der Waals surface area contributed by atoms with Gasteiger partial charge in [0.2, 0.25) is 0 Å². The van der Waals surface area contributed by atoms with Crippen LogP contribution in [-0.2, 0) is 0 Å². The maximum atomic E-state index is 4.35. The van der Waals surface area contributed by atoms with E-state index in [1.165, 1.54) is 19.3 Å². The Kier molecular flexibility index (Phi) is 5.77.